The van der Waals surface area contributed by atoms with E-state index in [9.17, 15) is 9.90 Å². The molecule has 29 heavy (non-hydrogen) atoms. The summed E-state index contributed by atoms with van der Waals surface area (Å²) < 4.78 is 31.7. The molecule has 1 unspecified atom stereocenters. The number of aliphatic hydroxyl groups excluding tert-OH is 1. The molecule has 0 saturated carbocycles. The third-order valence-corrected chi connectivity index (χ3v) is 6.33. The molecule has 0 spiro atoms. The number of rotatable bonds is 5. The molecular formula is C19H24FN3O5S. The molecule has 8 nitrogen and oxygen atoms in total. The lowest BCUT2D eigenvalue weighted by Gasteiger charge is -2.37. The van der Waals surface area contributed by atoms with Gasteiger partial charge in [-0.1, -0.05) is 5.16 Å². The minimum atomic E-state index is -0.855. The number of aliphatic hydroxyl groups is 1. The van der Waals surface area contributed by atoms with E-state index in [4.69, 9.17) is 14.0 Å². The number of thioether (sulfide) groups is 1. The van der Waals surface area contributed by atoms with Crippen LogP contribution in [0.4, 0.5) is 15.9 Å². The van der Waals surface area contributed by atoms with Crippen LogP contribution in [0.1, 0.15) is 24.2 Å². The minimum absolute atomic E-state index is 0.0280. The largest absolute Gasteiger partial charge is 0.383 e. The van der Waals surface area contributed by atoms with Gasteiger partial charge in [-0.25, -0.2) is 4.39 Å². The van der Waals surface area contributed by atoms with E-state index in [0.29, 0.717) is 43.7 Å². The van der Waals surface area contributed by atoms with Crippen molar-refractivity contribution in [1.29, 1.82) is 0 Å². The van der Waals surface area contributed by atoms with E-state index in [1.54, 1.807) is 18.1 Å². The first-order valence-corrected chi connectivity index (χ1v) is 10.4. The van der Waals surface area contributed by atoms with Crippen molar-refractivity contribution in [3.8, 4) is 0 Å². The molecule has 0 bridgehead atoms. The summed E-state index contributed by atoms with van der Waals surface area (Å²) in [6, 6.07) is 1.58. The first-order valence-electron chi connectivity index (χ1n) is 9.49. The average molecular weight is 425 g/mol. The first-order chi connectivity index (χ1) is 13.9. The van der Waals surface area contributed by atoms with Gasteiger partial charge in [0.25, 0.3) is 0 Å². The van der Waals surface area contributed by atoms with Gasteiger partial charge < -0.3 is 28.9 Å². The summed E-state index contributed by atoms with van der Waals surface area (Å²) in [4.78, 5) is 15.3. The molecule has 2 aliphatic rings. The van der Waals surface area contributed by atoms with Gasteiger partial charge in [-0.3, -0.25) is 4.79 Å². The Hall–Kier alpha value is -1.88. The van der Waals surface area contributed by atoms with Crippen molar-refractivity contribution in [3.05, 3.63) is 17.4 Å². The molecular weight excluding hydrogens is 401 g/mol. The van der Waals surface area contributed by atoms with Crippen molar-refractivity contribution in [1.82, 2.24) is 5.16 Å². The van der Waals surface area contributed by atoms with Gasteiger partial charge in [0.15, 0.2) is 23.5 Å². The SMILES string of the molecule is COC[C@H]1CN(c2noc3c(F)c(N4C[C@@H](C)O[C@H](C)C4)c(C=O)cc23)C(O)S1. The quantitative estimate of drug-likeness (QED) is 0.725. The number of carbonyl (C=O) groups is 1. The normalized spacial score (nSPS) is 27.8. The van der Waals surface area contributed by atoms with Gasteiger partial charge in [-0.05, 0) is 19.9 Å². The predicted octanol–water partition coefficient (Wildman–Crippen LogP) is 2.24. The van der Waals surface area contributed by atoms with Gasteiger partial charge in [0.05, 0.1) is 35.1 Å². The van der Waals surface area contributed by atoms with Crippen LogP contribution in [0.15, 0.2) is 10.6 Å². The van der Waals surface area contributed by atoms with E-state index in [-0.39, 0.29) is 34.3 Å². The zero-order chi connectivity index (χ0) is 20.7. The molecule has 1 N–H and O–H groups in total. The fourth-order valence-corrected chi connectivity index (χ4v) is 5.22. The molecule has 2 aliphatic heterocycles. The van der Waals surface area contributed by atoms with E-state index in [1.165, 1.54) is 11.8 Å². The van der Waals surface area contributed by atoms with Crippen LogP contribution < -0.4 is 9.80 Å². The molecule has 0 aliphatic carbocycles. The van der Waals surface area contributed by atoms with Crippen LogP contribution in [0.5, 0.6) is 0 Å². The van der Waals surface area contributed by atoms with Crippen molar-refractivity contribution < 1.29 is 28.3 Å². The van der Waals surface area contributed by atoms with Crippen LogP contribution in [0.25, 0.3) is 11.0 Å². The zero-order valence-corrected chi connectivity index (χ0v) is 17.3. The van der Waals surface area contributed by atoms with E-state index >= 15 is 4.39 Å². The second-order valence-corrected chi connectivity index (χ2v) is 8.84. The Morgan fingerprint density at radius 1 is 1.38 bits per heavy atom. The van der Waals surface area contributed by atoms with Crippen LogP contribution in [-0.4, -0.2) is 72.9 Å². The Balaban J connectivity index is 1.75. The lowest BCUT2D eigenvalue weighted by atomic mass is 10.1. The molecule has 1 aromatic heterocycles. The summed E-state index contributed by atoms with van der Waals surface area (Å²) in [6.07, 6.45) is 0.462. The Labute approximate surface area is 171 Å². The van der Waals surface area contributed by atoms with Crippen molar-refractivity contribution >= 4 is 40.5 Å². The number of aldehydes is 1. The smallest absolute Gasteiger partial charge is 0.206 e. The molecule has 0 radical (unpaired) electrons. The number of carbonyl (C=O) groups excluding carboxylic acids is 1. The van der Waals surface area contributed by atoms with Crippen molar-refractivity contribution in [2.45, 2.75) is 36.9 Å². The van der Waals surface area contributed by atoms with Crippen LogP contribution in [0.2, 0.25) is 0 Å². The fraction of sp³-hybridized carbons (Fsp3) is 0.579. The Bertz CT molecular complexity index is 900. The number of methoxy groups -OCH3 is 1. The lowest BCUT2D eigenvalue weighted by Crippen LogP contribution is -2.46. The van der Waals surface area contributed by atoms with Crippen molar-refractivity contribution in [2.24, 2.45) is 0 Å². The molecule has 4 atom stereocenters. The second kappa shape index (κ2) is 8.10. The summed E-state index contributed by atoms with van der Waals surface area (Å²) in [5.41, 5.74) is -0.465. The van der Waals surface area contributed by atoms with Crippen LogP contribution >= 0.6 is 11.8 Å². The molecule has 4 rings (SSSR count). The number of aromatic nitrogens is 1. The summed E-state index contributed by atoms with van der Waals surface area (Å²) in [5.74, 6) is -0.310. The molecule has 2 saturated heterocycles. The first kappa shape index (κ1) is 20.4. The van der Waals surface area contributed by atoms with Crippen LogP contribution in [0.3, 0.4) is 0 Å². The van der Waals surface area contributed by atoms with Crippen molar-refractivity contribution in [3.63, 3.8) is 0 Å². The Kier molecular flexibility index (Phi) is 5.69. The summed E-state index contributed by atoms with van der Waals surface area (Å²) >= 11 is 1.33. The number of hydrogen-bond donors (Lipinski definition) is 1. The number of ether oxygens (including phenoxy) is 2. The molecule has 1 aromatic carbocycles. The number of morpholine rings is 1. The van der Waals surface area contributed by atoms with Gasteiger partial charge in [-0.2, -0.15) is 0 Å². The highest BCUT2D eigenvalue weighted by atomic mass is 32.2. The average Bonchev–Trinajstić information content (AvgIpc) is 3.24. The molecule has 3 heterocycles. The van der Waals surface area contributed by atoms with E-state index in [0.717, 1.165) is 0 Å². The predicted molar refractivity (Wildman–Crippen MR) is 108 cm³/mol. The van der Waals surface area contributed by atoms with Gasteiger partial charge in [-0.15, -0.1) is 11.8 Å². The third kappa shape index (κ3) is 3.70. The molecule has 0 amide bonds. The van der Waals surface area contributed by atoms with E-state index in [1.807, 2.05) is 18.7 Å². The molecule has 10 heteroatoms. The number of hydrogen-bond acceptors (Lipinski definition) is 9. The van der Waals surface area contributed by atoms with Gasteiger partial charge in [0, 0.05) is 32.3 Å². The number of nitrogens with zero attached hydrogens (tertiary/aromatic N) is 3. The molecule has 158 valence electrons. The lowest BCUT2D eigenvalue weighted by molar-refractivity contribution is -0.00543. The molecule has 2 aromatic rings. The summed E-state index contributed by atoms with van der Waals surface area (Å²) in [5, 5.41) is 14.8. The third-order valence-electron chi connectivity index (χ3n) is 5.16. The Morgan fingerprint density at radius 3 is 2.76 bits per heavy atom. The number of halogens is 1. The minimum Gasteiger partial charge on any atom is -0.383 e. The van der Waals surface area contributed by atoms with E-state index < -0.39 is 11.4 Å². The topological polar surface area (TPSA) is 88.3 Å². The van der Waals surface area contributed by atoms with Gasteiger partial charge in [0.2, 0.25) is 5.58 Å². The molecule has 2 fully saturated rings. The van der Waals surface area contributed by atoms with Gasteiger partial charge in [0.1, 0.15) is 0 Å². The highest BCUT2D eigenvalue weighted by Crippen LogP contribution is 2.40. The van der Waals surface area contributed by atoms with Gasteiger partial charge >= 0.3 is 0 Å². The Morgan fingerprint density at radius 2 is 2.10 bits per heavy atom. The van der Waals surface area contributed by atoms with Crippen LogP contribution in [-0.2, 0) is 9.47 Å². The second-order valence-electron chi connectivity index (χ2n) is 7.48. The highest BCUT2D eigenvalue weighted by Gasteiger charge is 2.36. The summed E-state index contributed by atoms with van der Waals surface area (Å²) in [6.45, 7) is 5.70. The summed E-state index contributed by atoms with van der Waals surface area (Å²) in [7, 11) is 1.60. The maximum atomic E-state index is 15.5. The van der Waals surface area contributed by atoms with E-state index in [2.05, 4.69) is 5.16 Å². The number of fused-ring (bicyclic) bond motifs is 1. The highest BCUT2D eigenvalue weighted by molar-refractivity contribution is 8.00. The number of benzene rings is 1. The maximum Gasteiger partial charge on any atom is 0.206 e. The van der Waals surface area contributed by atoms with Crippen LogP contribution in [0, 0.1) is 5.82 Å². The monoisotopic (exact) mass is 425 g/mol. The van der Waals surface area contributed by atoms with Crippen molar-refractivity contribution in [2.75, 3.05) is 43.2 Å². The fourth-order valence-electron chi connectivity index (χ4n) is 4.08. The zero-order valence-electron chi connectivity index (χ0n) is 16.5. The standard InChI is InChI=1S/C19H24FN3O5S/c1-10-5-22(6-11(2)27-10)16-12(8-24)4-14-17(15(16)20)28-21-18(14)23-7-13(9-26-3)29-19(23)25/h4,8,10-11,13,19,25H,5-7,9H2,1-3H3/t10-,11-,13-,19?/m1/s1. The number of anilines is 2. The maximum absolute atomic E-state index is 15.5.